The van der Waals surface area contributed by atoms with Crippen LogP contribution in [-0.4, -0.2) is 54.2 Å². The van der Waals surface area contributed by atoms with E-state index in [1.165, 1.54) is 0 Å². The van der Waals surface area contributed by atoms with Crippen molar-refractivity contribution in [2.45, 2.75) is 38.8 Å². The lowest BCUT2D eigenvalue weighted by atomic mass is 10.0. The highest BCUT2D eigenvalue weighted by molar-refractivity contribution is 5.95. The van der Waals surface area contributed by atoms with Crippen molar-refractivity contribution in [3.8, 4) is 0 Å². The van der Waals surface area contributed by atoms with Gasteiger partial charge in [0.2, 0.25) is 0 Å². The molecule has 0 N–H and O–H groups in total. The van der Waals surface area contributed by atoms with Gasteiger partial charge < -0.3 is 19.0 Å². The van der Waals surface area contributed by atoms with E-state index in [1.807, 2.05) is 37.1 Å². The predicted octanol–water partition coefficient (Wildman–Crippen LogP) is 2.80. The number of fused-ring (bicyclic) bond motifs is 1. The molecule has 2 aliphatic heterocycles. The Morgan fingerprint density at radius 2 is 2.08 bits per heavy atom. The Balaban J connectivity index is 1.52. The highest BCUT2D eigenvalue weighted by atomic mass is 16.5. The SMILES string of the molecule is Cc1cc(C(=O)N2CC[C@@H]3[C@@H](CC2)OCCN3c2cccnc2)c(C)o1. The van der Waals surface area contributed by atoms with Gasteiger partial charge in [0.1, 0.15) is 11.5 Å². The number of aromatic nitrogens is 1. The fraction of sp³-hybridized carbons (Fsp3) is 0.500. The first kappa shape index (κ1) is 17.1. The topological polar surface area (TPSA) is 58.8 Å². The van der Waals surface area contributed by atoms with Gasteiger partial charge in [0.05, 0.1) is 36.2 Å². The number of carbonyl (C=O) groups is 1. The van der Waals surface area contributed by atoms with Crippen LogP contribution in [0.5, 0.6) is 0 Å². The largest absolute Gasteiger partial charge is 0.466 e. The number of ether oxygens (including phenoxy) is 1. The first-order valence-corrected chi connectivity index (χ1v) is 9.28. The van der Waals surface area contributed by atoms with Crippen molar-refractivity contribution in [1.82, 2.24) is 9.88 Å². The maximum Gasteiger partial charge on any atom is 0.257 e. The van der Waals surface area contributed by atoms with Crippen LogP contribution in [0.1, 0.15) is 34.7 Å². The molecule has 6 nitrogen and oxygen atoms in total. The summed E-state index contributed by atoms with van der Waals surface area (Å²) in [6, 6.07) is 6.18. The van der Waals surface area contributed by atoms with Crippen molar-refractivity contribution in [3.05, 3.63) is 47.7 Å². The average molecular weight is 355 g/mol. The number of furan rings is 1. The van der Waals surface area contributed by atoms with E-state index in [1.54, 1.807) is 6.20 Å². The molecule has 0 unspecified atom stereocenters. The van der Waals surface area contributed by atoms with Crippen LogP contribution in [0.15, 0.2) is 35.0 Å². The molecule has 26 heavy (non-hydrogen) atoms. The maximum atomic E-state index is 12.9. The summed E-state index contributed by atoms with van der Waals surface area (Å²) in [6.45, 7) is 6.74. The molecular weight excluding hydrogens is 330 g/mol. The predicted molar refractivity (Wildman–Crippen MR) is 98.4 cm³/mol. The highest BCUT2D eigenvalue weighted by Crippen LogP contribution is 2.29. The van der Waals surface area contributed by atoms with Crippen molar-refractivity contribution in [3.63, 3.8) is 0 Å². The highest BCUT2D eigenvalue weighted by Gasteiger charge is 2.36. The average Bonchev–Trinajstić information content (AvgIpc) is 2.87. The molecule has 6 heteroatoms. The van der Waals surface area contributed by atoms with E-state index < -0.39 is 0 Å². The minimum atomic E-state index is 0.0610. The number of anilines is 1. The molecule has 2 aromatic heterocycles. The van der Waals surface area contributed by atoms with Gasteiger partial charge in [-0.25, -0.2) is 0 Å². The van der Waals surface area contributed by atoms with Gasteiger partial charge in [-0.1, -0.05) is 0 Å². The zero-order chi connectivity index (χ0) is 18.1. The smallest absolute Gasteiger partial charge is 0.257 e. The van der Waals surface area contributed by atoms with Crippen LogP contribution < -0.4 is 4.90 Å². The monoisotopic (exact) mass is 355 g/mol. The summed E-state index contributed by atoms with van der Waals surface area (Å²) >= 11 is 0. The lowest BCUT2D eigenvalue weighted by Gasteiger charge is -2.41. The van der Waals surface area contributed by atoms with Crippen LogP contribution in [0.3, 0.4) is 0 Å². The summed E-state index contributed by atoms with van der Waals surface area (Å²) in [7, 11) is 0. The van der Waals surface area contributed by atoms with E-state index in [0.29, 0.717) is 24.5 Å². The lowest BCUT2D eigenvalue weighted by molar-refractivity contribution is 0.00907. The Bertz CT molecular complexity index is 774. The fourth-order valence-corrected chi connectivity index (χ4v) is 4.14. The summed E-state index contributed by atoms with van der Waals surface area (Å²) in [5.41, 5.74) is 1.81. The number of carbonyl (C=O) groups excluding carboxylic acids is 1. The first-order valence-electron chi connectivity index (χ1n) is 9.28. The summed E-state index contributed by atoms with van der Waals surface area (Å²) < 4.78 is 11.6. The molecule has 2 aliphatic rings. The second kappa shape index (κ2) is 7.11. The Morgan fingerprint density at radius 1 is 1.23 bits per heavy atom. The number of morpholine rings is 1. The van der Waals surface area contributed by atoms with Crippen molar-refractivity contribution >= 4 is 11.6 Å². The van der Waals surface area contributed by atoms with E-state index in [-0.39, 0.29) is 18.1 Å². The van der Waals surface area contributed by atoms with Crippen LogP contribution in [0.4, 0.5) is 5.69 Å². The number of rotatable bonds is 2. The molecule has 2 aromatic rings. The van der Waals surface area contributed by atoms with Gasteiger partial charge in [0, 0.05) is 25.8 Å². The molecule has 4 rings (SSSR count). The van der Waals surface area contributed by atoms with Gasteiger partial charge in [-0.05, 0) is 44.9 Å². The Hall–Kier alpha value is -2.34. The molecule has 1 amide bonds. The number of pyridine rings is 1. The second-order valence-corrected chi connectivity index (χ2v) is 7.08. The Morgan fingerprint density at radius 3 is 2.81 bits per heavy atom. The number of hydrogen-bond acceptors (Lipinski definition) is 5. The van der Waals surface area contributed by atoms with Gasteiger partial charge in [0.15, 0.2) is 0 Å². The van der Waals surface area contributed by atoms with E-state index in [0.717, 1.165) is 37.4 Å². The van der Waals surface area contributed by atoms with E-state index in [9.17, 15) is 4.79 Å². The number of aryl methyl sites for hydroxylation is 2. The number of amides is 1. The third-order valence-corrected chi connectivity index (χ3v) is 5.41. The molecule has 0 bridgehead atoms. The quantitative estimate of drug-likeness (QED) is 0.829. The van der Waals surface area contributed by atoms with Crippen molar-refractivity contribution < 1.29 is 13.9 Å². The molecule has 138 valence electrons. The summed E-state index contributed by atoms with van der Waals surface area (Å²) in [4.78, 5) is 21.5. The fourth-order valence-electron chi connectivity index (χ4n) is 4.14. The lowest BCUT2D eigenvalue weighted by Crippen LogP contribution is -2.51. The van der Waals surface area contributed by atoms with Crippen LogP contribution in [-0.2, 0) is 4.74 Å². The summed E-state index contributed by atoms with van der Waals surface area (Å²) in [6.07, 6.45) is 5.59. The first-order chi connectivity index (χ1) is 12.6. The Labute approximate surface area is 153 Å². The molecule has 4 heterocycles. The van der Waals surface area contributed by atoms with Crippen molar-refractivity contribution in [2.24, 2.45) is 0 Å². The number of hydrogen-bond donors (Lipinski definition) is 0. The third kappa shape index (κ3) is 3.21. The van der Waals surface area contributed by atoms with Crippen LogP contribution in [0, 0.1) is 13.8 Å². The third-order valence-electron chi connectivity index (χ3n) is 5.41. The molecule has 0 spiro atoms. The van der Waals surface area contributed by atoms with Gasteiger partial charge in [0.25, 0.3) is 5.91 Å². The molecule has 0 aromatic carbocycles. The van der Waals surface area contributed by atoms with Crippen LogP contribution >= 0.6 is 0 Å². The van der Waals surface area contributed by atoms with Crippen LogP contribution in [0.25, 0.3) is 0 Å². The summed E-state index contributed by atoms with van der Waals surface area (Å²) in [5.74, 6) is 1.54. The molecule has 0 saturated carbocycles. The molecular formula is C20H25N3O3. The van der Waals surface area contributed by atoms with E-state index >= 15 is 0 Å². The minimum absolute atomic E-state index is 0.0610. The molecule has 0 aliphatic carbocycles. The molecule has 0 radical (unpaired) electrons. The zero-order valence-corrected chi connectivity index (χ0v) is 15.4. The summed E-state index contributed by atoms with van der Waals surface area (Å²) in [5, 5.41) is 0. The molecule has 2 atom stereocenters. The Kier molecular flexibility index (Phi) is 4.68. The standard InChI is InChI=1S/C20H25N3O3/c1-14-12-17(15(2)26-14)20(24)22-8-5-18-19(6-9-22)25-11-10-23(18)16-4-3-7-21-13-16/h3-4,7,12-13,18-19H,5-6,8-11H2,1-2H3/t18-,19-/m1/s1. The van der Waals surface area contributed by atoms with Gasteiger partial charge in [-0.15, -0.1) is 0 Å². The van der Waals surface area contributed by atoms with Crippen LogP contribution in [0.2, 0.25) is 0 Å². The maximum absolute atomic E-state index is 12.9. The number of likely N-dealkylation sites (tertiary alicyclic amines) is 1. The van der Waals surface area contributed by atoms with E-state index in [2.05, 4.69) is 16.0 Å². The second-order valence-electron chi connectivity index (χ2n) is 7.08. The van der Waals surface area contributed by atoms with Gasteiger partial charge in [-0.3, -0.25) is 9.78 Å². The number of nitrogens with zero attached hydrogens (tertiary/aromatic N) is 3. The van der Waals surface area contributed by atoms with Gasteiger partial charge in [-0.2, -0.15) is 0 Å². The van der Waals surface area contributed by atoms with E-state index in [4.69, 9.17) is 9.15 Å². The van der Waals surface area contributed by atoms with Crippen molar-refractivity contribution in [1.29, 1.82) is 0 Å². The zero-order valence-electron chi connectivity index (χ0n) is 15.4. The molecule has 2 fully saturated rings. The van der Waals surface area contributed by atoms with Gasteiger partial charge >= 0.3 is 0 Å². The normalized spacial score (nSPS) is 23.5. The van der Waals surface area contributed by atoms with Crippen molar-refractivity contribution in [2.75, 3.05) is 31.1 Å². The minimum Gasteiger partial charge on any atom is -0.466 e. The molecule has 2 saturated heterocycles.